The molecule has 0 aromatic heterocycles. The van der Waals surface area contributed by atoms with Crippen molar-refractivity contribution in [3.8, 4) is 0 Å². The lowest BCUT2D eigenvalue weighted by molar-refractivity contribution is 1.47. The molecule has 0 saturated heterocycles. The van der Waals surface area contributed by atoms with Gasteiger partial charge in [-0.2, -0.15) is 5.73 Å². The second kappa shape index (κ2) is 2.18. The number of benzene rings is 1. The topological polar surface area (TPSA) is 22.3 Å². The Bertz CT molecular complexity index is 147. The molecule has 1 rings (SSSR count). The molecule has 1 aromatic rings. The van der Waals surface area contributed by atoms with Crippen LogP contribution >= 0.6 is 15.9 Å². The molecule has 0 unspecified atom stereocenters. The second-order valence-electron chi connectivity index (χ2n) is 1.48. The van der Waals surface area contributed by atoms with Crippen LogP contribution in [0.3, 0.4) is 0 Å². The summed E-state index contributed by atoms with van der Waals surface area (Å²) in [4.78, 5) is 0. The Balaban J connectivity index is 3.03. The van der Waals surface area contributed by atoms with Crippen LogP contribution in [-0.2, 0) is 0 Å². The van der Waals surface area contributed by atoms with E-state index in [1.54, 1.807) is 24.3 Å². The van der Waals surface area contributed by atoms with Crippen molar-refractivity contribution in [3.63, 3.8) is 0 Å². The largest absolute Gasteiger partial charge is 0.151 e. The molecule has 0 aliphatic rings. The second-order valence-corrected chi connectivity index (χ2v) is 2.39. The third-order valence-electron chi connectivity index (χ3n) is 0.827. The van der Waals surface area contributed by atoms with Gasteiger partial charge in [-0.05, 0) is 24.3 Å². The van der Waals surface area contributed by atoms with Crippen molar-refractivity contribution in [2.24, 2.45) is 0 Å². The van der Waals surface area contributed by atoms with Gasteiger partial charge in [-0.3, -0.25) is 0 Å². The van der Waals surface area contributed by atoms with E-state index in [9.17, 15) is 0 Å². The van der Waals surface area contributed by atoms with E-state index in [1.165, 1.54) is 0 Å². The van der Waals surface area contributed by atoms with Gasteiger partial charge in [-0.1, -0.05) is 15.9 Å². The van der Waals surface area contributed by atoms with Crippen molar-refractivity contribution in [3.05, 3.63) is 28.7 Å². The van der Waals surface area contributed by atoms with Crippen molar-refractivity contribution in [2.75, 3.05) is 0 Å². The van der Waals surface area contributed by atoms with Gasteiger partial charge in [-0.15, -0.1) is 0 Å². The lowest BCUT2D eigenvalue weighted by Crippen LogP contribution is -1.65. The van der Waals surface area contributed by atoms with E-state index in [0.717, 1.165) is 4.47 Å². The first-order valence-corrected chi connectivity index (χ1v) is 3.03. The minimum absolute atomic E-state index is 0.299. The van der Waals surface area contributed by atoms with E-state index in [1.807, 2.05) is 0 Å². The maximum Gasteiger partial charge on any atom is 0.0857 e. The number of nitrogens with zero attached hydrogens (tertiary/aromatic N) is 1. The summed E-state index contributed by atoms with van der Waals surface area (Å²) in [6.07, 6.45) is 0. The zero-order chi connectivity index (χ0) is 5.98. The third kappa shape index (κ3) is 1.23. The van der Waals surface area contributed by atoms with Crippen LogP contribution in [0.25, 0.3) is 0 Å². The zero-order valence-electron chi connectivity index (χ0n) is 4.13. The summed E-state index contributed by atoms with van der Waals surface area (Å²) < 4.78 is 0.982. The first-order valence-electron chi connectivity index (χ1n) is 2.23. The molecule has 2 heteroatoms. The predicted octanol–water partition coefficient (Wildman–Crippen LogP) is 2.15. The van der Waals surface area contributed by atoms with E-state index in [2.05, 4.69) is 15.9 Å². The third-order valence-corrected chi connectivity index (χ3v) is 1.36. The van der Waals surface area contributed by atoms with Gasteiger partial charge in [0, 0.05) is 4.47 Å². The van der Waals surface area contributed by atoms with E-state index in [-0.39, 0.29) is 0 Å². The molecular weight excluding hydrogens is 166 g/mol. The monoisotopic (exact) mass is 169 g/mol. The Morgan fingerprint density at radius 3 is 2.00 bits per heavy atom. The Hall–Kier alpha value is -0.500. The van der Waals surface area contributed by atoms with E-state index < -0.39 is 0 Å². The Kier molecular flexibility index (Phi) is 1.53. The van der Waals surface area contributed by atoms with Crippen LogP contribution in [0.15, 0.2) is 28.7 Å². The molecule has 8 heavy (non-hydrogen) atoms. The van der Waals surface area contributed by atoms with E-state index in [4.69, 9.17) is 5.73 Å². The SMILES string of the molecule is [N]c1ccc(Br)cc1. The van der Waals surface area contributed by atoms with Gasteiger partial charge < -0.3 is 0 Å². The van der Waals surface area contributed by atoms with Crippen molar-refractivity contribution in [1.82, 2.24) is 5.73 Å². The van der Waals surface area contributed by atoms with Gasteiger partial charge in [0.1, 0.15) is 0 Å². The molecule has 0 aliphatic heterocycles. The zero-order valence-corrected chi connectivity index (χ0v) is 5.72. The molecular formula is C6H4BrN. The van der Waals surface area contributed by atoms with Crippen molar-refractivity contribution in [1.29, 1.82) is 0 Å². The summed E-state index contributed by atoms with van der Waals surface area (Å²) in [5.74, 6) is 0. The molecule has 1 aromatic carbocycles. The first kappa shape index (κ1) is 5.63. The maximum atomic E-state index is 8.74. The highest BCUT2D eigenvalue weighted by Gasteiger charge is 1.84. The molecule has 0 aliphatic carbocycles. The Morgan fingerprint density at radius 2 is 1.62 bits per heavy atom. The lowest BCUT2D eigenvalue weighted by atomic mass is 10.3. The fourth-order valence-corrected chi connectivity index (χ4v) is 0.705. The fraction of sp³-hybridized carbons (Fsp3) is 0. The molecule has 0 fully saturated rings. The van der Waals surface area contributed by atoms with Gasteiger partial charge in [0.25, 0.3) is 0 Å². The van der Waals surface area contributed by atoms with Crippen LogP contribution in [0.1, 0.15) is 0 Å². The number of halogens is 1. The number of rotatable bonds is 0. The first-order chi connectivity index (χ1) is 3.79. The van der Waals surface area contributed by atoms with Gasteiger partial charge in [0.15, 0.2) is 0 Å². The standard InChI is InChI=1S/C6H4BrN/c7-5-1-3-6(8)4-2-5/h1-4H. The molecule has 0 N–H and O–H groups in total. The molecule has 0 heterocycles. The van der Waals surface area contributed by atoms with Crippen LogP contribution in [-0.4, -0.2) is 0 Å². The highest BCUT2D eigenvalue weighted by atomic mass is 79.9. The molecule has 0 atom stereocenters. The fourth-order valence-electron chi connectivity index (χ4n) is 0.441. The highest BCUT2D eigenvalue weighted by Crippen LogP contribution is 2.11. The molecule has 40 valence electrons. The van der Waals surface area contributed by atoms with Crippen LogP contribution in [0.4, 0.5) is 5.69 Å². The molecule has 2 radical (unpaired) electrons. The molecule has 0 bridgehead atoms. The molecule has 0 spiro atoms. The Morgan fingerprint density at radius 1 is 1.12 bits per heavy atom. The van der Waals surface area contributed by atoms with E-state index in [0.29, 0.717) is 5.69 Å². The van der Waals surface area contributed by atoms with E-state index >= 15 is 0 Å². The summed E-state index contributed by atoms with van der Waals surface area (Å²) in [5.41, 5.74) is 9.04. The normalized spacial score (nSPS) is 9.12. The van der Waals surface area contributed by atoms with Gasteiger partial charge in [-0.25, -0.2) is 0 Å². The quantitative estimate of drug-likeness (QED) is 0.569. The van der Waals surface area contributed by atoms with Crippen LogP contribution in [0.2, 0.25) is 0 Å². The minimum atomic E-state index is 0.299. The van der Waals surface area contributed by atoms with Crippen LogP contribution in [0.5, 0.6) is 0 Å². The summed E-state index contributed by atoms with van der Waals surface area (Å²) in [6.45, 7) is 0. The highest BCUT2D eigenvalue weighted by molar-refractivity contribution is 9.10. The summed E-state index contributed by atoms with van der Waals surface area (Å²) in [5, 5.41) is 0. The molecule has 0 saturated carbocycles. The van der Waals surface area contributed by atoms with Gasteiger partial charge in [0.2, 0.25) is 0 Å². The smallest absolute Gasteiger partial charge is 0.0857 e. The number of hydrogen-bond donors (Lipinski definition) is 0. The van der Waals surface area contributed by atoms with Crippen molar-refractivity contribution < 1.29 is 0 Å². The van der Waals surface area contributed by atoms with Gasteiger partial charge in [0.05, 0.1) is 5.69 Å². The van der Waals surface area contributed by atoms with Crippen LogP contribution in [0, 0.1) is 0 Å². The molecule has 0 amide bonds. The minimum Gasteiger partial charge on any atom is -0.151 e. The number of hydrogen-bond acceptors (Lipinski definition) is 0. The van der Waals surface area contributed by atoms with Crippen LogP contribution < -0.4 is 5.73 Å². The van der Waals surface area contributed by atoms with Crippen molar-refractivity contribution >= 4 is 21.6 Å². The predicted molar refractivity (Wildman–Crippen MR) is 35.9 cm³/mol. The Labute approximate surface area is 56.6 Å². The summed E-state index contributed by atoms with van der Waals surface area (Å²) in [6, 6.07) is 6.83. The molecule has 1 nitrogen and oxygen atoms in total. The summed E-state index contributed by atoms with van der Waals surface area (Å²) >= 11 is 3.23. The maximum absolute atomic E-state index is 8.74. The van der Waals surface area contributed by atoms with Crippen molar-refractivity contribution in [2.45, 2.75) is 0 Å². The summed E-state index contributed by atoms with van der Waals surface area (Å²) in [7, 11) is 0. The van der Waals surface area contributed by atoms with Gasteiger partial charge >= 0.3 is 0 Å². The lowest BCUT2D eigenvalue weighted by Gasteiger charge is -1.85. The average molecular weight is 170 g/mol. The average Bonchev–Trinajstić information content (AvgIpc) is 1.77.